The minimum absolute atomic E-state index is 0.00838. The van der Waals surface area contributed by atoms with Crippen LogP contribution in [0.4, 0.5) is 13.2 Å². The first kappa shape index (κ1) is 24.2. The van der Waals surface area contributed by atoms with E-state index in [2.05, 4.69) is 15.2 Å². The van der Waals surface area contributed by atoms with Crippen LogP contribution < -0.4 is 5.32 Å². The molecule has 3 aromatic rings. The van der Waals surface area contributed by atoms with Gasteiger partial charge in [-0.05, 0) is 67.4 Å². The Labute approximate surface area is 201 Å². The second-order valence-electron chi connectivity index (χ2n) is 8.52. The Morgan fingerprint density at radius 3 is 2.38 bits per heavy atom. The van der Waals surface area contributed by atoms with E-state index in [0.29, 0.717) is 0 Å². The minimum Gasteiger partial charge on any atom is -0.344 e. The van der Waals surface area contributed by atoms with E-state index >= 15 is 0 Å². The van der Waals surface area contributed by atoms with E-state index in [1.165, 1.54) is 12.1 Å². The molecule has 0 aliphatic carbocycles. The van der Waals surface area contributed by atoms with Crippen molar-refractivity contribution in [1.82, 2.24) is 15.2 Å². The van der Waals surface area contributed by atoms with Gasteiger partial charge in [0.05, 0.1) is 22.2 Å². The Kier molecular flexibility index (Phi) is 7.24. The fourth-order valence-corrected chi connectivity index (χ4v) is 4.82. The Morgan fingerprint density at radius 1 is 1.06 bits per heavy atom. The maximum atomic E-state index is 13.3. The lowest BCUT2D eigenvalue weighted by atomic mass is 9.90. The molecule has 1 aliphatic heterocycles. The smallest absolute Gasteiger partial charge is 0.344 e. The summed E-state index contributed by atoms with van der Waals surface area (Å²) >= 11 is 6.02. The molecule has 2 aromatic carbocycles. The maximum absolute atomic E-state index is 13.3. The van der Waals surface area contributed by atoms with Crippen molar-refractivity contribution in [2.75, 3.05) is 13.6 Å². The number of carbonyl (C=O) groups is 1. The number of alkyl halides is 3. The fourth-order valence-electron chi connectivity index (χ4n) is 4.50. The van der Waals surface area contributed by atoms with Crippen LogP contribution in [0.5, 0.6) is 0 Å². The molecular formula is C26H25ClF3N3O. The van der Waals surface area contributed by atoms with Gasteiger partial charge in [-0.3, -0.25) is 9.78 Å². The number of likely N-dealkylation sites (N-methyl/N-ethyl adjacent to an activating group) is 1. The number of likely N-dealkylation sites (tertiary alicyclic amines) is 1. The number of nitrogens with one attached hydrogen (secondary N) is 1. The molecule has 4 rings (SSSR count). The topological polar surface area (TPSA) is 45.2 Å². The summed E-state index contributed by atoms with van der Waals surface area (Å²) in [5.41, 5.74) is 1.71. The standard InChI is InChI=1S/C26H25ClF3N3O/c1-33-16-3-2-7-22(33)24(19-10-8-17(9-11-19)18-12-14-31-15-13-18)32-25(34)20-5-4-6-21(23(20)27)26(28,29)30/h4-6,8-15,22,24H,2-3,7,16H2,1H3,(H,32,34)/t22-,24-/m0/s1. The highest BCUT2D eigenvalue weighted by molar-refractivity contribution is 6.34. The molecule has 8 heteroatoms. The maximum Gasteiger partial charge on any atom is 0.417 e. The molecule has 1 aromatic heterocycles. The van der Waals surface area contributed by atoms with E-state index in [-0.39, 0.29) is 11.6 Å². The third-order valence-electron chi connectivity index (χ3n) is 6.33. The van der Waals surface area contributed by atoms with Crippen LogP contribution in [-0.2, 0) is 6.18 Å². The van der Waals surface area contributed by atoms with Crippen molar-refractivity contribution in [3.8, 4) is 11.1 Å². The Morgan fingerprint density at radius 2 is 1.74 bits per heavy atom. The molecule has 0 bridgehead atoms. The summed E-state index contributed by atoms with van der Waals surface area (Å²) in [6, 6.07) is 14.7. The summed E-state index contributed by atoms with van der Waals surface area (Å²) in [5.74, 6) is -0.627. The van der Waals surface area contributed by atoms with Crippen molar-refractivity contribution >= 4 is 17.5 Å². The zero-order valence-electron chi connectivity index (χ0n) is 18.6. The molecule has 1 fully saturated rings. The van der Waals surface area contributed by atoms with Crippen molar-refractivity contribution < 1.29 is 18.0 Å². The minimum atomic E-state index is -4.64. The summed E-state index contributed by atoms with van der Waals surface area (Å²) < 4.78 is 39.9. The van der Waals surface area contributed by atoms with Crippen molar-refractivity contribution in [2.24, 2.45) is 0 Å². The highest BCUT2D eigenvalue weighted by atomic mass is 35.5. The Hall–Kier alpha value is -2.90. The fraction of sp³-hybridized carbons (Fsp3) is 0.308. The predicted molar refractivity (Wildman–Crippen MR) is 127 cm³/mol. The van der Waals surface area contributed by atoms with Gasteiger partial charge in [0.2, 0.25) is 0 Å². The molecule has 2 heterocycles. The van der Waals surface area contributed by atoms with Crippen LogP contribution in [0.3, 0.4) is 0 Å². The van der Waals surface area contributed by atoms with Gasteiger partial charge in [0.1, 0.15) is 0 Å². The average Bonchev–Trinajstić information content (AvgIpc) is 2.83. The monoisotopic (exact) mass is 487 g/mol. The van der Waals surface area contributed by atoms with E-state index in [1.54, 1.807) is 12.4 Å². The number of halogens is 4. The number of aromatic nitrogens is 1. The second-order valence-corrected chi connectivity index (χ2v) is 8.90. The molecule has 34 heavy (non-hydrogen) atoms. The van der Waals surface area contributed by atoms with E-state index in [0.717, 1.165) is 48.6 Å². The molecule has 1 saturated heterocycles. The summed E-state index contributed by atoms with van der Waals surface area (Å²) in [7, 11) is 2.01. The SMILES string of the molecule is CN1CCCC[C@H]1[C@@H](NC(=O)c1cccc(C(F)(F)F)c1Cl)c1ccc(-c2ccncc2)cc1. The quantitative estimate of drug-likeness (QED) is 0.454. The molecule has 0 radical (unpaired) electrons. The summed E-state index contributed by atoms with van der Waals surface area (Å²) in [5, 5.41) is 2.40. The van der Waals surface area contributed by atoms with Crippen molar-refractivity contribution in [3.63, 3.8) is 0 Å². The lowest BCUT2D eigenvalue weighted by Gasteiger charge is -2.38. The van der Waals surface area contributed by atoms with Crippen LogP contribution in [0.25, 0.3) is 11.1 Å². The number of rotatable bonds is 5. The Balaban J connectivity index is 1.66. The third kappa shape index (κ3) is 5.26. The first-order valence-electron chi connectivity index (χ1n) is 11.1. The average molecular weight is 488 g/mol. The lowest BCUT2D eigenvalue weighted by molar-refractivity contribution is -0.137. The molecule has 1 N–H and O–H groups in total. The van der Waals surface area contributed by atoms with E-state index in [9.17, 15) is 18.0 Å². The third-order valence-corrected chi connectivity index (χ3v) is 6.74. The molecule has 1 aliphatic rings. The van der Waals surface area contributed by atoms with Crippen LogP contribution in [0.1, 0.15) is 46.8 Å². The number of carbonyl (C=O) groups excluding carboxylic acids is 1. The number of amides is 1. The van der Waals surface area contributed by atoms with Gasteiger partial charge in [0.25, 0.3) is 5.91 Å². The number of hydrogen-bond donors (Lipinski definition) is 1. The van der Waals surface area contributed by atoms with Gasteiger partial charge in [-0.15, -0.1) is 0 Å². The summed E-state index contributed by atoms with van der Waals surface area (Å²) in [4.78, 5) is 19.4. The van der Waals surface area contributed by atoms with Gasteiger partial charge in [-0.2, -0.15) is 13.2 Å². The molecule has 4 nitrogen and oxygen atoms in total. The van der Waals surface area contributed by atoms with Gasteiger partial charge in [0, 0.05) is 18.4 Å². The number of benzene rings is 2. The lowest BCUT2D eigenvalue weighted by Crippen LogP contribution is -2.47. The summed E-state index contributed by atoms with van der Waals surface area (Å²) in [6.07, 6.45) is 1.75. The number of piperidine rings is 1. The van der Waals surface area contributed by atoms with Gasteiger partial charge in [-0.1, -0.05) is 48.4 Å². The number of hydrogen-bond acceptors (Lipinski definition) is 3. The van der Waals surface area contributed by atoms with Crippen molar-refractivity contribution in [3.05, 3.63) is 88.7 Å². The van der Waals surface area contributed by atoms with E-state index in [4.69, 9.17) is 11.6 Å². The van der Waals surface area contributed by atoms with Gasteiger partial charge >= 0.3 is 6.18 Å². The highest BCUT2D eigenvalue weighted by Gasteiger charge is 2.36. The molecule has 2 atom stereocenters. The van der Waals surface area contributed by atoms with E-state index < -0.39 is 28.7 Å². The van der Waals surface area contributed by atoms with Crippen LogP contribution in [0, 0.1) is 0 Å². The molecule has 0 saturated carbocycles. The predicted octanol–water partition coefficient (Wildman–Crippen LogP) is 6.38. The molecule has 0 unspecified atom stereocenters. The normalized spacial score (nSPS) is 17.9. The zero-order chi connectivity index (χ0) is 24.3. The first-order chi connectivity index (χ1) is 16.3. The molecule has 0 spiro atoms. The summed E-state index contributed by atoms with van der Waals surface area (Å²) in [6.45, 7) is 0.885. The van der Waals surface area contributed by atoms with Gasteiger partial charge < -0.3 is 10.2 Å². The van der Waals surface area contributed by atoms with Gasteiger partial charge in [-0.25, -0.2) is 0 Å². The second kappa shape index (κ2) is 10.2. The van der Waals surface area contributed by atoms with Crippen molar-refractivity contribution in [2.45, 2.75) is 37.5 Å². The van der Waals surface area contributed by atoms with E-state index in [1.807, 2.05) is 43.4 Å². The van der Waals surface area contributed by atoms with Crippen LogP contribution in [0.15, 0.2) is 67.0 Å². The Bertz CT molecular complexity index is 1140. The highest BCUT2D eigenvalue weighted by Crippen LogP contribution is 2.37. The van der Waals surface area contributed by atoms with Gasteiger partial charge in [0.15, 0.2) is 0 Å². The van der Waals surface area contributed by atoms with Crippen LogP contribution in [-0.4, -0.2) is 35.4 Å². The van der Waals surface area contributed by atoms with Crippen molar-refractivity contribution in [1.29, 1.82) is 0 Å². The van der Waals surface area contributed by atoms with Crippen LogP contribution >= 0.6 is 11.6 Å². The molecular weight excluding hydrogens is 463 g/mol. The number of pyridine rings is 1. The molecule has 1 amide bonds. The largest absolute Gasteiger partial charge is 0.417 e. The van der Waals surface area contributed by atoms with Crippen LogP contribution in [0.2, 0.25) is 5.02 Å². The molecule has 178 valence electrons. The first-order valence-corrected chi connectivity index (χ1v) is 11.5. The zero-order valence-corrected chi connectivity index (χ0v) is 19.4. The number of nitrogens with zero attached hydrogens (tertiary/aromatic N) is 2.